The van der Waals surface area contributed by atoms with E-state index in [1.807, 2.05) is 0 Å². The van der Waals surface area contributed by atoms with Crippen LogP contribution in [0.2, 0.25) is 10.0 Å². The van der Waals surface area contributed by atoms with Gasteiger partial charge in [0.2, 0.25) is 0 Å². The van der Waals surface area contributed by atoms with Gasteiger partial charge in [0.25, 0.3) is 5.91 Å². The first-order valence-electron chi connectivity index (χ1n) is 8.26. The highest BCUT2D eigenvalue weighted by molar-refractivity contribution is 8.26. The highest BCUT2D eigenvalue weighted by Crippen LogP contribution is 2.37. The molecule has 4 rings (SSSR count). The van der Waals surface area contributed by atoms with Gasteiger partial charge in [-0.15, -0.1) is 0 Å². The predicted octanol–water partition coefficient (Wildman–Crippen LogP) is 4.64. The molecule has 3 heterocycles. The second-order valence-corrected chi connectivity index (χ2v) is 11.2. The third-order valence-corrected chi connectivity index (χ3v) is 8.12. The first-order chi connectivity index (χ1) is 13.2. The van der Waals surface area contributed by atoms with Crippen molar-refractivity contribution in [2.45, 2.75) is 12.5 Å². The zero-order valence-electron chi connectivity index (χ0n) is 14.2. The van der Waals surface area contributed by atoms with E-state index in [1.165, 1.54) is 4.90 Å². The van der Waals surface area contributed by atoms with Crippen molar-refractivity contribution in [1.82, 2.24) is 4.90 Å². The lowest BCUT2D eigenvalue weighted by Crippen LogP contribution is -2.39. The van der Waals surface area contributed by atoms with Gasteiger partial charge in [-0.2, -0.15) is 0 Å². The topological polar surface area (TPSA) is 67.6 Å². The summed E-state index contributed by atoms with van der Waals surface area (Å²) in [6.07, 6.45) is 2.01. The summed E-state index contributed by atoms with van der Waals surface area (Å²) in [5, 5.41) is 0.986. The Bertz CT molecular complexity index is 1120. The van der Waals surface area contributed by atoms with E-state index in [0.717, 1.165) is 11.8 Å². The normalized spacial score (nSPS) is 23.1. The summed E-state index contributed by atoms with van der Waals surface area (Å²) in [5.74, 6) is 0.759. The highest BCUT2D eigenvalue weighted by atomic mass is 35.5. The Morgan fingerprint density at radius 3 is 2.71 bits per heavy atom. The number of halogens is 2. The van der Waals surface area contributed by atoms with Crippen LogP contribution in [0.25, 0.3) is 17.4 Å². The van der Waals surface area contributed by atoms with Crippen LogP contribution in [0.1, 0.15) is 12.2 Å². The number of thioether (sulfide) groups is 1. The van der Waals surface area contributed by atoms with E-state index in [2.05, 4.69) is 0 Å². The van der Waals surface area contributed by atoms with E-state index in [1.54, 1.807) is 36.4 Å². The zero-order chi connectivity index (χ0) is 20.1. The Hall–Kier alpha value is -1.32. The van der Waals surface area contributed by atoms with E-state index in [9.17, 15) is 13.2 Å². The van der Waals surface area contributed by atoms with Crippen molar-refractivity contribution in [3.8, 4) is 11.3 Å². The molecule has 0 N–H and O–H groups in total. The van der Waals surface area contributed by atoms with E-state index in [-0.39, 0.29) is 17.4 Å². The molecule has 10 heteroatoms. The standard InChI is InChI=1S/C18H13Cl2NO4S3/c19-10-1-3-13(14(20)7-10)15-4-2-12(25-15)8-16-17(22)21(18(26)27-16)11-5-6-28(23,24)9-11/h1-4,7-8,11H,5-6,9H2/b16-8-/t11-/m1/s1. The SMILES string of the molecule is O=C1/C(=C/c2ccc(-c3ccc(Cl)cc3Cl)o2)SC(=S)N1[C@@H]1CCS(=O)(=O)C1. The highest BCUT2D eigenvalue weighted by Gasteiger charge is 2.42. The Morgan fingerprint density at radius 2 is 2.04 bits per heavy atom. The lowest BCUT2D eigenvalue weighted by molar-refractivity contribution is -0.123. The number of benzene rings is 1. The fourth-order valence-electron chi connectivity index (χ4n) is 3.17. The number of carbonyl (C=O) groups is 1. The number of thiocarbonyl (C=S) groups is 1. The number of amides is 1. The first kappa shape index (κ1) is 20.0. The molecule has 1 atom stereocenters. The average molecular weight is 474 g/mol. The zero-order valence-corrected chi connectivity index (χ0v) is 18.2. The minimum Gasteiger partial charge on any atom is -0.457 e. The van der Waals surface area contributed by atoms with Gasteiger partial charge in [0.15, 0.2) is 9.84 Å². The fourth-order valence-corrected chi connectivity index (χ4v) is 6.75. The van der Waals surface area contributed by atoms with E-state index in [0.29, 0.717) is 42.8 Å². The second-order valence-electron chi connectivity index (χ2n) is 6.43. The van der Waals surface area contributed by atoms with Crippen LogP contribution in [0.5, 0.6) is 0 Å². The molecular weight excluding hydrogens is 461 g/mol. The molecule has 2 fully saturated rings. The van der Waals surface area contributed by atoms with Crippen LogP contribution in [-0.2, 0) is 14.6 Å². The Kier molecular flexibility index (Phi) is 5.35. The summed E-state index contributed by atoms with van der Waals surface area (Å²) in [6, 6.07) is 8.18. The molecule has 2 aliphatic rings. The van der Waals surface area contributed by atoms with Gasteiger partial charge in [0, 0.05) is 16.7 Å². The van der Waals surface area contributed by atoms with Gasteiger partial charge >= 0.3 is 0 Å². The summed E-state index contributed by atoms with van der Waals surface area (Å²) >= 11 is 18.6. The van der Waals surface area contributed by atoms with Crippen LogP contribution in [0.4, 0.5) is 0 Å². The Balaban J connectivity index is 1.58. The van der Waals surface area contributed by atoms with Crippen molar-refractivity contribution in [2.75, 3.05) is 11.5 Å². The maximum Gasteiger partial charge on any atom is 0.266 e. The molecule has 0 bridgehead atoms. The molecule has 0 saturated carbocycles. The number of rotatable bonds is 3. The van der Waals surface area contributed by atoms with E-state index < -0.39 is 15.9 Å². The summed E-state index contributed by atoms with van der Waals surface area (Å²) in [5.41, 5.74) is 0.689. The molecule has 1 aromatic carbocycles. The molecule has 0 radical (unpaired) electrons. The number of nitrogens with zero attached hydrogens (tertiary/aromatic N) is 1. The fraction of sp³-hybridized carbons (Fsp3) is 0.222. The monoisotopic (exact) mass is 473 g/mol. The maximum absolute atomic E-state index is 12.8. The molecule has 2 saturated heterocycles. The van der Waals surface area contributed by atoms with Gasteiger partial charge in [-0.3, -0.25) is 9.69 Å². The summed E-state index contributed by atoms with van der Waals surface area (Å²) in [7, 11) is -3.11. The summed E-state index contributed by atoms with van der Waals surface area (Å²) < 4.78 is 29.6. The van der Waals surface area contributed by atoms with Gasteiger partial charge in [-0.05, 0) is 36.8 Å². The number of hydrogen-bond donors (Lipinski definition) is 0. The van der Waals surface area contributed by atoms with Gasteiger partial charge < -0.3 is 4.42 Å². The molecule has 28 heavy (non-hydrogen) atoms. The van der Waals surface area contributed by atoms with Crippen LogP contribution in [-0.4, -0.2) is 41.1 Å². The van der Waals surface area contributed by atoms with Crippen LogP contribution in [0.3, 0.4) is 0 Å². The van der Waals surface area contributed by atoms with E-state index in [4.69, 9.17) is 39.8 Å². The lowest BCUT2D eigenvalue weighted by atomic mass is 10.2. The molecule has 2 aromatic rings. The van der Waals surface area contributed by atoms with Crippen LogP contribution in [0, 0.1) is 0 Å². The Labute approximate surface area is 181 Å². The second kappa shape index (κ2) is 7.50. The largest absolute Gasteiger partial charge is 0.457 e. The van der Waals surface area contributed by atoms with Crippen molar-refractivity contribution in [3.63, 3.8) is 0 Å². The number of hydrogen-bond acceptors (Lipinski definition) is 6. The molecule has 1 amide bonds. The molecule has 5 nitrogen and oxygen atoms in total. The van der Waals surface area contributed by atoms with E-state index >= 15 is 0 Å². The summed E-state index contributed by atoms with van der Waals surface area (Å²) in [6.45, 7) is 0. The third-order valence-electron chi connectivity index (χ3n) is 4.49. The van der Waals surface area contributed by atoms with Crippen molar-refractivity contribution in [3.05, 3.63) is 51.0 Å². The molecule has 0 unspecified atom stereocenters. The predicted molar refractivity (Wildman–Crippen MR) is 116 cm³/mol. The molecule has 0 spiro atoms. The van der Waals surface area contributed by atoms with Crippen molar-refractivity contribution >= 4 is 73.3 Å². The first-order valence-corrected chi connectivity index (χ1v) is 12.1. The smallest absolute Gasteiger partial charge is 0.266 e. The Morgan fingerprint density at radius 1 is 1.25 bits per heavy atom. The molecular formula is C18H13Cl2NO4S3. The van der Waals surface area contributed by atoms with Gasteiger partial charge in [-0.1, -0.05) is 47.2 Å². The maximum atomic E-state index is 12.8. The molecule has 2 aliphatic heterocycles. The number of carbonyl (C=O) groups excluding carboxylic acids is 1. The average Bonchev–Trinajstić information content (AvgIpc) is 3.27. The van der Waals surface area contributed by atoms with Crippen LogP contribution >= 0.6 is 47.2 Å². The lowest BCUT2D eigenvalue weighted by Gasteiger charge is -2.20. The number of furan rings is 1. The van der Waals surface area contributed by atoms with Crippen LogP contribution in [0.15, 0.2) is 39.7 Å². The third kappa shape index (κ3) is 3.89. The van der Waals surface area contributed by atoms with Crippen molar-refractivity contribution in [2.24, 2.45) is 0 Å². The molecule has 1 aromatic heterocycles. The van der Waals surface area contributed by atoms with Crippen LogP contribution < -0.4 is 0 Å². The minimum absolute atomic E-state index is 0.0489. The molecule has 0 aliphatic carbocycles. The quantitative estimate of drug-likeness (QED) is 0.477. The van der Waals surface area contributed by atoms with Gasteiger partial charge in [-0.25, -0.2) is 8.42 Å². The minimum atomic E-state index is -3.11. The van der Waals surface area contributed by atoms with Gasteiger partial charge in [0.05, 0.1) is 27.5 Å². The number of sulfone groups is 1. The van der Waals surface area contributed by atoms with Gasteiger partial charge in [0.1, 0.15) is 15.8 Å². The van der Waals surface area contributed by atoms with Crippen molar-refractivity contribution in [1.29, 1.82) is 0 Å². The van der Waals surface area contributed by atoms with Crippen molar-refractivity contribution < 1.29 is 17.6 Å². The molecule has 146 valence electrons. The summed E-state index contributed by atoms with van der Waals surface area (Å²) in [4.78, 5) is 14.6.